The third kappa shape index (κ3) is 1.76. The van der Waals surface area contributed by atoms with Crippen molar-refractivity contribution >= 4 is 33.4 Å². The zero-order valence-electron chi connectivity index (χ0n) is 11.3. The number of hydrogen-bond acceptors (Lipinski definition) is 2. The molecule has 2 N–H and O–H groups in total. The summed E-state index contributed by atoms with van der Waals surface area (Å²) in [7, 11) is 0. The summed E-state index contributed by atoms with van der Waals surface area (Å²) >= 11 is 6.27. The molecule has 0 radical (unpaired) electrons. The summed E-state index contributed by atoms with van der Waals surface area (Å²) in [6, 6.07) is 5.22. The number of halogens is 1. The number of pyridine rings is 1. The molecule has 1 aromatic carbocycles. The fraction of sp³-hybridized carbons (Fsp3) is 0.267. The molecule has 2 heterocycles. The number of nitrogens with zero attached hydrogens (tertiary/aromatic N) is 1. The minimum absolute atomic E-state index is 0.0848. The minimum atomic E-state index is -0.203. The normalized spacial score (nSPS) is 11.6. The molecule has 0 atom stereocenters. The van der Waals surface area contributed by atoms with Crippen molar-refractivity contribution in [3.63, 3.8) is 0 Å². The lowest BCUT2D eigenvalue weighted by atomic mass is 10.1. The van der Waals surface area contributed by atoms with Crippen molar-refractivity contribution in [1.29, 1.82) is 0 Å². The van der Waals surface area contributed by atoms with Crippen molar-refractivity contribution in [2.24, 2.45) is 0 Å². The topological polar surface area (TPSA) is 58.0 Å². The average molecular weight is 291 g/mol. The summed E-state index contributed by atoms with van der Waals surface area (Å²) in [5.41, 5.74) is 3.78. The van der Waals surface area contributed by atoms with Crippen LogP contribution in [0.5, 0.6) is 0 Å². The van der Waals surface area contributed by atoms with Crippen molar-refractivity contribution in [3.8, 4) is 0 Å². The van der Waals surface area contributed by atoms with Gasteiger partial charge in [0.05, 0.1) is 17.1 Å². The highest BCUT2D eigenvalue weighted by molar-refractivity contribution is 6.37. The highest BCUT2D eigenvalue weighted by Gasteiger charge is 2.15. The van der Waals surface area contributed by atoms with Crippen LogP contribution in [0.15, 0.2) is 23.0 Å². The Morgan fingerprint density at radius 2 is 2.05 bits per heavy atom. The lowest BCUT2D eigenvalue weighted by Gasteiger charge is -2.07. The highest BCUT2D eigenvalue weighted by atomic mass is 35.5. The van der Waals surface area contributed by atoms with Crippen LogP contribution in [-0.2, 0) is 6.54 Å². The number of aryl methyl sites for hydroxylation is 1. The summed E-state index contributed by atoms with van der Waals surface area (Å²) in [5.74, 6) is 0. The SMILES string of the molecule is Cc1c(C)n(CCO)c2ccc3[nH]c(=O)cc(Cl)c3c12. The molecule has 0 fully saturated rings. The van der Waals surface area contributed by atoms with Gasteiger partial charge in [0, 0.05) is 34.6 Å². The molecule has 0 aliphatic heterocycles. The van der Waals surface area contributed by atoms with Gasteiger partial charge in [-0.2, -0.15) is 0 Å². The van der Waals surface area contributed by atoms with Crippen LogP contribution in [0.2, 0.25) is 5.02 Å². The smallest absolute Gasteiger partial charge is 0.249 e. The second kappa shape index (κ2) is 4.65. The van der Waals surface area contributed by atoms with Gasteiger partial charge in [-0.05, 0) is 31.5 Å². The van der Waals surface area contributed by atoms with Gasteiger partial charge in [0.1, 0.15) is 0 Å². The highest BCUT2D eigenvalue weighted by Crippen LogP contribution is 2.34. The molecule has 20 heavy (non-hydrogen) atoms. The summed E-state index contributed by atoms with van der Waals surface area (Å²) in [6.07, 6.45) is 0. The van der Waals surface area contributed by atoms with E-state index in [4.69, 9.17) is 11.6 Å². The zero-order valence-corrected chi connectivity index (χ0v) is 12.1. The van der Waals surface area contributed by atoms with E-state index in [1.54, 1.807) is 0 Å². The molecule has 0 bridgehead atoms. The van der Waals surface area contributed by atoms with Crippen LogP contribution in [0.25, 0.3) is 21.8 Å². The number of rotatable bonds is 2. The first-order chi connectivity index (χ1) is 9.54. The maximum Gasteiger partial charge on any atom is 0.249 e. The van der Waals surface area contributed by atoms with Gasteiger partial charge in [-0.25, -0.2) is 0 Å². The van der Waals surface area contributed by atoms with E-state index in [2.05, 4.69) is 9.55 Å². The molecule has 104 valence electrons. The number of fused-ring (bicyclic) bond motifs is 3. The summed E-state index contributed by atoms with van der Waals surface area (Å²) in [6.45, 7) is 4.69. The summed E-state index contributed by atoms with van der Waals surface area (Å²) < 4.78 is 2.07. The third-order valence-electron chi connectivity index (χ3n) is 3.87. The molecule has 0 unspecified atom stereocenters. The molecule has 2 aromatic heterocycles. The van der Waals surface area contributed by atoms with Crippen molar-refractivity contribution in [2.45, 2.75) is 20.4 Å². The van der Waals surface area contributed by atoms with Crippen LogP contribution in [0, 0.1) is 13.8 Å². The molecule has 0 aliphatic carbocycles. The maximum absolute atomic E-state index is 11.5. The van der Waals surface area contributed by atoms with Gasteiger partial charge in [0.2, 0.25) is 5.56 Å². The molecule has 0 aliphatic rings. The van der Waals surface area contributed by atoms with Crippen LogP contribution in [-0.4, -0.2) is 21.3 Å². The Morgan fingerprint density at radius 3 is 2.75 bits per heavy atom. The van der Waals surface area contributed by atoms with Crippen LogP contribution < -0.4 is 5.56 Å². The van der Waals surface area contributed by atoms with Crippen molar-refractivity contribution < 1.29 is 5.11 Å². The van der Waals surface area contributed by atoms with Crippen LogP contribution in [0.4, 0.5) is 0 Å². The van der Waals surface area contributed by atoms with Crippen molar-refractivity contribution in [2.75, 3.05) is 6.61 Å². The van der Waals surface area contributed by atoms with E-state index in [1.165, 1.54) is 6.07 Å². The van der Waals surface area contributed by atoms with Crippen molar-refractivity contribution in [3.05, 3.63) is 44.8 Å². The van der Waals surface area contributed by atoms with Gasteiger partial charge >= 0.3 is 0 Å². The standard InChI is InChI=1S/C15H15ClN2O2/c1-8-9(2)18(5-6-19)12-4-3-11-15(14(8)12)10(16)7-13(20)17-11/h3-4,7,19H,5-6H2,1-2H3,(H,17,20). The Labute approximate surface area is 120 Å². The molecule has 0 saturated heterocycles. The van der Waals surface area contributed by atoms with Gasteiger partial charge in [-0.15, -0.1) is 0 Å². The van der Waals surface area contributed by atoms with E-state index >= 15 is 0 Å². The molecule has 3 aromatic rings. The second-order valence-corrected chi connectivity index (χ2v) is 5.36. The number of aromatic amines is 1. The molecular formula is C15H15ClN2O2. The molecule has 0 spiro atoms. The molecule has 0 saturated carbocycles. The number of benzene rings is 1. The van der Waals surface area contributed by atoms with Crippen molar-refractivity contribution in [1.82, 2.24) is 9.55 Å². The first-order valence-electron chi connectivity index (χ1n) is 6.46. The fourth-order valence-corrected chi connectivity index (χ4v) is 3.15. The Balaban J connectivity index is 2.55. The van der Waals surface area contributed by atoms with Gasteiger partial charge < -0.3 is 14.7 Å². The van der Waals surface area contributed by atoms with Gasteiger partial charge in [-0.1, -0.05) is 11.6 Å². The summed E-state index contributed by atoms with van der Waals surface area (Å²) in [5, 5.41) is 11.6. The number of aromatic nitrogens is 2. The Morgan fingerprint density at radius 1 is 1.30 bits per heavy atom. The monoisotopic (exact) mass is 290 g/mol. The first-order valence-corrected chi connectivity index (χ1v) is 6.84. The second-order valence-electron chi connectivity index (χ2n) is 4.95. The molecule has 5 heteroatoms. The summed E-state index contributed by atoms with van der Waals surface area (Å²) in [4.78, 5) is 14.3. The van der Waals surface area contributed by atoms with Crippen LogP contribution in [0.1, 0.15) is 11.3 Å². The van der Waals surface area contributed by atoms with Crippen LogP contribution >= 0.6 is 11.6 Å². The molecule has 3 rings (SSSR count). The quantitative estimate of drug-likeness (QED) is 0.762. The molecule has 4 nitrogen and oxygen atoms in total. The number of nitrogens with one attached hydrogen (secondary N) is 1. The first kappa shape index (κ1) is 13.2. The predicted molar refractivity (Wildman–Crippen MR) is 81.6 cm³/mol. The Kier molecular flexibility index (Phi) is 3.07. The van der Waals surface area contributed by atoms with Gasteiger partial charge in [-0.3, -0.25) is 4.79 Å². The minimum Gasteiger partial charge on any atom is -0.395 e. The van der Waals surface area contributed by atoms with E-state index in [9.17, 15) is 9.90 Å². The Bertz CT molecular complexity index is 877. The van der Waals surface area contributed by atoms with Gasteiger partial charge in [0.15, 0.2) is 0 Å². The Hall–Kier alpha value is -1.78. The number of aliphatic hydroxyl groups is 1. The van der Waals surface area contributed by atoms with Crippen LogP contribution in [0.3, 0.4) is 0 Å². The number of hydrogen-bond donors (Lipinski definition) is 2. The molecule has 0 amide bonds. The van der Waals surface area contributed by atoms with E-state index in [1.807, 2.05) is 26.0 Å². The van der Waals surface area contributed by atoms with Gasteiger partial charge in [0.25, 0.3) is 0 Å². The maximum atomic E-state index is 11.5. The molecular weight excluding hydrogens is 276 g/mol. The van der Waals surface area contributed by atoms with E-state index < -0.39 is 0 Å². The lowest BCUT2D eigenvalue weighted by Crippen LogP contribution is -2.05. The van der Waals surface area contributed by atoms with E-state index in [-0.39, 0.29) is 12.2 Å². The average Bonchev–Trinajstić information content (AvgIpc) is 2.64. The predicted octanol–water partition coefficient (Wildman–Crippen LogP) is 2.75. The largest absolute Gasteiger partial charge is 0.395 e. The van der Waals surface area contributed by atoms with E-state index in [0.29, 0.717) is 11.6 Å². The third-order valence-corrected chi connectivity index (χ3v) is 4.17. The number of H-pyrrole nitrogens is 1. The van der Waals surface area contributed by atoms with E-state index in [0.717, 1.165) is 33.1 Å². The fourth-order valence-electron chi connectivity index (χ4n) is 2.86. The lowest BCUT2D eigenvalue weighted by molar-refractivity contribution is 0.277. The number of aliphatic hydroxyl groups excluding tert-OH is 1. The zero-order chi connectivity index (χ0) is 14.4.